The van der Waals surface area contributed by atoms with Crippen LogP contribution in [0.15, 0.2) is 36.7 Å². The zero-order valence-corrected chi connectivity index (χ0v) is 12.4. The number of benzene rings is 1. The molecule has 1 aromatic carbocycles. The summed E-state index contributed by atoms with van der Waals surface area (Å²) in [5.74, 6) is -1.14. The van der Waals surface area contributed by atoms with Gasteiger partial charge in [-0.2, -0.15) is 5.10 Å². The molecule has 114 valence electrons. The number of para-hydroxylation sites is 1. The molecular weight excluding hydrogens is 282 g/mol. The standard InChI is InChI=1S/C16H17N3O3/c1-10-7-12-5-3-4-6-14(12)19(10)15(20)13-8-17-18(9-13)11(2)16(21)22/h3-6,8-11H,7H2,1-2H3,(H,21,22). The number of fused-ring (bicyclic) bond motifs is 1. The number of carboxylic acid groups (broad SMARTS) is 1. The third-order valence-electron chi connectivity index (χ3n) is 4.03. The van der Waals surface area contributed by atoms with Crippen LogP contribution in [0.4, 0.5) is 5.69 Å². The predicted molar refractivity (Wildman–Crippen MR) is 81.0 cm³/mol. The Morgan fingerprint density at radius 3 is 2.82 bits per heavy atom. The molecular formula is C16H17N3O3. The van der Waals surface area contributed by atoms with Crippen molar-refractivity contribution in [2.45, 2.75) is 32.4 Å². The van der Waals surface area contributed by atoms with Crippen LogP contribution < -0.4 is 4.90 Å². The molecule has 2 heterocycles. The number of hydrogen-bond acceptors (Lipinski definition) is 3. The summed E-state index contributed by atoms with van der Waals surface area (Å²) in [5.41, 5.74) is 2.46. The fourth-order valence-electron chi connectivity index (χ4n) is 2.79. The average Bonchev–Trinajstić information content (AvgIpc) is 3.09. The summed E-state index contributed by atoms with van der Waals surface area (Å²) >= 11 is 0. The van der Waals surface area contributed by atoms with Gasteiger partial charge in [-0.05, 0) is 31.9 Å². The van der Waals surface area contributed by atoms with Gasteiger partial charge in [0.05, 0.1) is 11.8 Å². The molecule has 1 aliphatic heterocycles. The van der Waals surface area contributed by atoms with Crippen LogP contribution in [-0.2, 0) is 11.2 Å². The van der Waals surface area contributed by atoms with E-state index in [1.807, 2.05) is 31.2 Å². The van der Waals surface area contributed by atoms with Gasteiger partial charge in [-0.3, -0.25) is 9.48 Å². The van der Waals surface area contributed by atoms with E-state index in [1.54, 1.807) is 4.90 Å². The lowest BCUT2D eigenvalue weighted by atomic mass is 10.1. The Hall–Kier alpha value is -2.63. The average molecular weight is 299 g/mol. The Bertz CT molecular complexity index is 738. The second-order valence-corrected chi connectivity index (χ2v) is 5.58. The Kier molecular flexibility index (Phi) is 3.44. The first-order valence-electron chi connectivity index (χ1n) is 7.17. The van der Waals surface area contributed by atoms with E-state index in [1.165, 1.54) is 24.0 Å². The number of carboxylic acids is 1. The molecule has 6 heteroatoms. The van der Waals surface area contributed by atoms with Crippen molar-refractivity contribution in [3.8, 4) is 0 Å². The summed E-state index contributed by atoms with van der Waals surface area (Å²) < 4.78 is 1.29. The summed E-state index contributed by atoms with van der Waals surface area (Å²) in [7, 11) is 0. The van der Waals surface area contributed by atoms with Crippen molar-refractivity contribution in [1.82, 2.24) is 9.78 Å². The fourth-order valence-corrected chi connectivity index (χ4v) is 2.79. The smallest absolute Gasteiger partial charge is 0.328 e. The summed E-state index contributed by atoms with van der Waals surface area (Å²) in [6.45, 7) is 3.53. The van der Waals surface area contributed by atoms with Gasteiger partial charge in [-0.1, -0.05) is 18.2 Å². The number of aliphatic carboxylic acids is 1. The van der Waals surface area contributed by atoms with Gasteiger partial charge in [-0.15, -0.1) is 0 Å². The highest BCUT2D eigenvalue weighted by Crippen LogP contribution is 2.33. The maximum absolute atomic E-state index is 12.8. The fraction of sp³-hybridized carbons (Fsp3) is 0.312. The van der Waals surface area contributed by atoms with Crippen molar-refractivity contribution in [3.05, 3.63) is 47.8 Å². The molecule has 1 N–H and O–H groups in total. The normalized spacial score (nSPS) is 18.1. The highest BCUT2D eigenvalue weighted by atomic mass is 16.4. The van der Waals surface area contributed by atoms with Gasteiger partial charge in [0.2, 0.25) is 0 Å². The Morgan fingerprint density at radius 2 is 2.09 bits per heavy atom. The summed E-state index contributed by atoms with van der Waals surface area (Å²) in [4.78, 5) is 25.5. The van der Waals surface area contributed by atoms with Crippen molar-refractivity contribution < 1.29 is 14.7 Å². The van der Waals surface area contributed by atoms with Gasteiger partial charge < -0.3 is 10.0 Å². The number of carbonyl (C=O) groups is 2. The maximum Gasteiger partial charge on any atom is 0.328 e. The van der Waals surface area contributed by atoms with E-state index in [2.05, 4.69) is 5.10 Å². The Labute approximate surface area is 128 Å². The molecule has 0 spiro atoms. The third-order valence-corrected chi connectivity index (χ3v) is 4.03. The minimum absolute atomic E-state index is 0.0742. The van der Waals surface area contributed by atoms with Crippen LogP contribution in [0.5, 0.6) is 0 Å². The minimum atomic E-state index is -0.984. The van der Waals surface area contributed by atoms with Crippen molar-refractivity contribution in [2.75, 3.05) is 4.90 Å². The second kappa shape index (κ2) is 5.29. The number of anilines is 1. The van der Waals surface area contributed by atoms with Crippen molar-refractivity contribution in [3.63, 3.8) is 0 Å². The van der Waals surface area contributed by atoms with Crippen LogP contribution in [0.2, 0.25) is 0 Å². The molecule has 0 saturated carbocycles. The topological polar surface area (TPSA) is 75.4 Å². The number of carbonyl (C=O) groups excluding carboxylic acids is 1. The van der Waals surface area contributed by atoms with E-state index < -0.39 is 12.0 Å². The van der Waals surface area contributed by atoms with Gasteiger partial charge in [0.25, 0.3) is 5.91 Å². The van der Waals surface area contributed by atoms with E-state index >= 15 is 0 Å². The molecule has 1 amide bonds. The molecule has 2 aromatic rings. The van der Waals surface area contributed by atoms with Crippen LogP contribution >= 0.6 is 0 Å². The van der Waals surface area contributed by atoms with Crippen LogP contribution in [0.25, 0.3) is 0 Å². The SMILES string of the molecule is CC1Cc2ccccc2N1C(=O)c1cnn(C(C)C(=O)O)c1. The highest BCUT2D eigenvalue weighted by Gasteiger charge is 2.32. The van der Waals surface area contributed by atoms with Gasteiger partial charge in [0.1, 0.15) is 6.04 Å². The Morgan fingerprint density at radius 1 is 1.36 bits per heavy atom. The molecule has 0 radical (unpaired) electrons. The lowest BCUT2D eigenvalue weighted by Crippen LogP contribution is -2.35. The number of aromatic nitrogens is 2. The van der Waals surface area contributed by atoms with Gasteiger partial charge in [0, 0.05) is 17.9 Å². The summed E-state index contributed by atoms with van der Waals surface area (Å²) in [6.07, 6.45) is 3.74. The lowest BCUT2D eigenvalue weighted by Gasteiger charge is -2.22. The molecule has 0 fully saturated rings. The van der Waals surface area contributed by atoms with E-state index in [4.69, 9.17) is 5.11 Å². The molecule has 6 nitrogen and oxygen atoms in total. The molecule has 1 aromatic heterocycles. The number of rotatable bonds is 3. The number of hydrogen-bond donors (Lipinski definition) is 1. The lowest BCUT2D eigenvalue weighted by molar-refractivity contribution is -0.140. The Balaban J connectivity index is 1.90. The predicted octanol–water partition coefficient (Wildman–Crippen LogP) is 2.12. The van der Waals surface area contributed by atoms with Gasteiger partial charge >= 0.3 is 5.97 Å². The van der Waals surface area contributed by atoms with Crippen LogP contribution in [-0.4, -0.2) is 32.8 Å². The van der Waals surface area contributed by atoms with Gasteiger partial charge in [0.15, 0.2) is 0 Å². The van der Waals surface area contributed by atoms with Crippen molar-refractivity contribution in [2.24, 2.45) is 0 Å². The minimum Gasteiger partial charge on any atom is -0.480 e. The first kappa shape index (κ1) is 14.3. The van der Waals surface area contributed by atoms with E-state index in [0.717, 1.165) is 17.7 Å². The molecule has 0 aliphatic carbocycles. The van der Waals surface area contributed by atoms with Crippen LogP contribution in [0.3, 0.4) is 0 Å². The van der Waals surface area contributed by atoms with Crippen LogP contribution in [0, 0.1) is 0 Å². The molecule has 3 rings (SSSR count). The number of amides is 1. The monoisotopic (exact) mass is 299 g/mol. The first-order valence-corrected chi connectivity index (χ1v) is 7.17. The van der Waals surface area contributed by atoms with Crippen molar-refractivity contribution in [1.29, 1.82) is 0 Å². The zero-order chi connectivity index (χ0) is 15.9. The van der Waals surface area contributed by atoms with E-state index in [-0.39, 0.29) is 11.9 Å². The highest BCUT2D eigenvalue weighted by molar-refractivity contribution is 6.07. The molecule has 0 saturated heterocycles. The van der Waals surface area contributed by atoms with Crippen LogP contribution in [0.1, 0.15) is 35.8 Å². The second-order valence-electron chi connectivity index (χ2n) is 5.58. The zero-order valence-electron chi connectivity index (χ0n) is 12.4. The largest absolute Gasteiger partial charge is 0.480 e. The molecule has 0 bridgehead atoms. The molecule has 1 aliphatic rings. The van der Waals surface area contributed by atoms with Gasteiger partial charge in [-0.25, -0.2) is 4.79 Å². The summed E-state index contributed by atoms with van der Waals surface area (Å²) in [6, 6.07) is 7.10. The van der Waals surface area contributed by atoms with E-state index in [0.29, 0.717) is 5.56 Å². The molecule has 22 heavy (non-hydrogen) atoms. The molecule has 2 unspecified atom stereocenters. The third kappa shape index (κ3) is 2.26. The summed E-state index contributed by atoms with van der Waals surface area (Å²) in [5, 5.41) is 13.0. The first-order chi connectivity index (χ1) is 10.5. The molecule has 2 atom stereocenters. The van der Waals surface area contributed by atoms with E-state index in [9.17, 15) is 9.59 Å². The number of nitrogens with zero attached hydrogens (tertiary/aromatic N) is 3. The van der Waals surface area contributed by atoms with Crippen molar-refractivity contribution >= 4 is 17.6 Å². The maximum atomic E-state index is 12.8. The quantitative estimate of drug-likeness (QED) is 0.942.